The monoisotopic (exact) mass is 831 g/mol. The van der Waals surface area contributed by atoms with Gasteiger partial charge in [-0.05, 0) is 81.9 Å². The molecular formula is C58H33N5O2. The maximum Gasteiger partial charge on any atom is 0.228 e. The highest BCUT2D eigenvalue weighted by molar-refractivity contribution is 6.14. The molecule has 0 saturated heterocycles. The second kappa shape index (κ2) is 13.8. The van der Waals surface area contributed by atoms with Crippen LogP contribution in [0.2, 0.25) is 0 Å². The SMILES string of the molecule is c1ccc2cc(-c3ccc4c5ccccc5n(-c5ccc(-c6nc(-c7cccc8oc9ccccc9c78)nc(-c7ccnc8oc9ccccc9c78)n6)c6ccccc56)c4c3)ccc2c1. The minimum absolute atomic E-state index is 0.519. The van der Waals surface area contributed by atoms with Crippen LogP contribution >= 0.6 is 0 Å². The Morgan fingerprint density at radius 3 is 1.78 bits per heavy atom. The van der Waals surface area contributed by atoms with Crippen molar-refractivity contribution in [1.29, 1.82) is 0 Å². The van der Waals surface area contributed by atoms with Crippen LogP contribution in [0.4, 0.5) is 0 Å². The molecule has 0 fully saturated rings. The molecule has 0 radical (unpaired) electrons. The van der Waals surface area contributed by atoms with Gasteiger partial charge in [-0.2, -0.15) is 0 Å². The summed E-state index contributed by atoms with van der Waals surface area (Å²) >= 11 is 0. The summed E-state index contributed by atoms with van der Waals surface area (Å²) < 4.78 is 15.0. The van der Waals surface area contributed by atoms with Gasteiger partial charge in [0.05, 0.1) is 22.1 Å². The van der Waals surface area contributed by atoms with Crippen LogP contribution in [-0.2, 0) is 0 Å². The molecule has 14 aromatic rings. The molecule has 0 bridgehead atoms. The lowest BCUT2D eigenvalue weighted by atomic mass is 9.99. The third-order valence-corrected chi connectivity index (χ3v) is 12.9. The summed E-state index contributed by atoms with van der Waals surface area (Å²) in [5, 5.41) is 10.7. The number of fused-ring (bicyclic) bond motifs is 11. The molecule has 302 valence electrons. The number of aromatic nitrogens is 5. The molecule has 7 nitrogen and oxygen atoms in total. The Balaban J connectivity index is 1.02. The van der Waals surface area contributed by atoms with Crippen molar-refractivity contribution >= 4 is 87.4 Å². The molecule has 7 heteroatoms. The zero-order chi connectivity index (χ0) is 42.6. The number of benzene rings is 9. The first-order valence-electron chi connectivity index (χ1n) is 21.7. The summed E-state index contributed by atoms with van der Waals surface area (Å²) in [4.78, 5) is 20.6. The van der Waals surface area contributed by atoms with E-state index in [1.807, 2.05) is 54.6 Å². The van der Waals surface area contributed by atoms with E-state index >= 15 is 0 Å². The Kier molecular flexibility index (Phi) is 7.55. The van der Waals surface area contributed by atoms with Gasteiger partial charge in [-0.1, -0.05) is 140 Å². The van der Waals surface area contributed by atoms with Gasteiger partial charge in [0.25, 0.3) is 0 Å². The lowest BCUT2D eigenvalue weighted by Gasteiger charge is -2.15. The number of rotatable bonds is 5. The predicted octanol–water partition coefficient (Wildman–Crippen LogP) is 15.1. The fourth-order valence-electron chi connectivity index (χ4n) is 9.98. The summed E-state index contributed by atoms with van der Waals surface area (Å²) in [6, 6.07) is 67.9. The number of para-hydroxylation sites is 3. The fraction of sp³-hybridized carbons (Fsp3) is 0. The van der Waals surface area contributed by atoms with Crippen molar-refractivity contribution in [2.24, 2.45) is 0 Å². The summed E-state index contributed by atoms with van der Waals surface area (Å²) in [5.74, 6) is 1.61. The molecule has 5 heterocycles. The van der Waals surface area contributed by atoms with E-state index in [1.54, 1.807) is 6.20 Å². The van der Waals surface area contributed by atoms with Crippen molar-refractivity contribution in [2.45, 2.75) is 0 Å². The largest absolute Gasteiger partial charge is 0.456 e. The molecule has 65 heavy (non-hydrogen) atoms. The van der Waals surface area contributed by atoms with E-state index < -0.39 is 0 Å². The summed E-state index contributed by atoms with van der Waals surface area (Å²) in [6.07, 6.45) is 1.76. The molecular weight excluding hydrogens is 799 g/mol. The summed E-state index contributed by atoms with van der Waals surface area (Å²) in [5.41, 5.74) is 11.1. The first-order valence-corrected chi connectivity index (χ1v) is 21.7. The molecule has 0 saturated carbocycles. The van der Waals surface area contributed by atoms with E-state index in [1.165, 1.54) is 27.1 Å². The molecule has 5 aromatic heterocycles. The molecule has 0 amide bonds. The van der Waals surface area contributed by atoms with Crippen LogP contribution < -0.4 is 0 Å². The van der Waals surface area contributed by atoms with E-state index in [9.17, 15) is 0 Å². The molecule has 0 unspecified atom stereocenters. The smallest absolute Gasteiger partial charge is 0.228 e. The zero-order valence-electron chi connectivity index (χ0n) is 34.6. The highest BCUT2D eigenvalue weighted by atomic mass is 16.3. The zero-order valence-corrected chi connectivity index (χ0v) is 34.6. The van der Waals surface area contributed by atoms with Gasteiger partial charge in [0, 0.05) is 55.2 Å². The van der Waals surface area contributed by atoms with Gasteiger partial charge in [0.2, 0.25) is 5.71 Å². The average Bonchev–Trinajstić information content (AvgIpc) is 4.05. The molecule has 0 aliphatic carbocycles. The van der Waals surface area contributed by atoms with Crippen LogP contribution in [0.5, 0.6) is 0 Å². The normalized spacial score (nSPS) is 12.0. The van der Waals surface area contributed by atoms with E-state index in [-0.39, 0.29) is 0 Å². The van der Waals surface area contributed by atoms with E-state index in [2.05, 4.69) is 149 Å². The van der Waals surface area contributed by atoms with Crippen LogP contribution in [0.1, 0.15) is 0 Å². The minimum atomic E-state index is 0.519. The molecule has 9 aromatic carbocycles. The van der Waals surface area contributed by atoms with Crippen molar-refractivity contribution in [3.63, 3.8) is 0 Å². The number of nitrogens with zero attached hydrogens (tertiary/aromatic N) is 5. The van der Waals surface area contributed by atoms with Gasteiger partial charge in [0.1, 0.15) is 16.7 Å². The molecule has 0 N–H and O–H groups in total. The standard InChI is InChI=1S/C58H33N5O2/c1-2-13-35-32-36(25-24-34(35)12-1)37-26-27-41-40-16-5-8-20-47(40)63(49(41)33-37)48-29-28-42(38-14-3-4-15-39(38)48)55-60-56(45-19-11-23-52-53(45)43-17-6-9-21-50(43)64-52)62-57(61-55)46-30-31-59-58-54(46)44-18-7-10-22-51(44)65-58/h1-33H. The van der Waals surface area contributed by atoms with Gasteiger partial charge < -0.3 is 13.4 Å². The van der Waals surface area contributed by atoms with Crippen molar-refractivity contribution in [3.05, 3.63) is 200 Å². The maximum atomic E-state index is 6.36. The second-order valence-electron chi connectivity index (χ2n) is 16.5. The third-order valence-electron chi connectivity index (χ3n) is 12.9. The van der Waals surface area contributed by atoms with E-state index in [4.69, 9.17) is 23.8 Å². The van der Waals surface area contributed by atoms with E-state index in [0.29, 0.717) is 23.2 Å². The number of pyridine rings is 1. The van der Waals surface area contributed by atoms with Gasteiger partial charge in [-0.25, -0.2) is 19.9 Å². The van der Waals surface area contributed by atoms with E-state index in [0.717, 1.165) is 88.0 Å². The van der Waals surface area contributed by atoms with Crippen LogP contribution in [0.15, 0.2) is 209 Å². The lowest BCUT2D eigenvalue weighted by molar-refractivity contribution is 0.654. The minimum Gasteiger partial charge on any atom is -0.456 e. The first-order chi connectivity index (χ1) is 32.2. The van der Waals surface area contributed by atoms with Crippen molar-refractivity contribution in [3.8, 4) is 51.0 Å². The third kappa shape index (κ3) is 5.42. The van der Waals surface area contributed by atoms with Gasteiger partial charge >= 0.3 is 0 Å². The molecule has 0 aliphatic rings. The van der Waals surface area contributed by atoms with Crippen molar-refractivity contribution < 1.29 is 8.83 Å². The quantitative estimate of drug-likeness (QED) is 0.172. The Morgan fingerprint density at radius 1 is 0.354 bits per heavy atom. The van der Waals surface area contributed by atoms with Gasteiger partial charge in [0.15, 0.2) is 17.5 Å². The molecule has 0 aliphatic heterocycles. The van der Waals surface area contributed by atoms with Crippen LogP contribution in [0, 0.1) is 0 Å². The Hall–Kier alpha value is -8.94. The van der Waals surface area contributed by atoms with Crippen molar-refractivity contribution in [2.75, 3.05) is 0 Å². The predicted molar refractivity (Wildman–Crippen MR) is 263 cm³/mol. The van der Waals surface area contributed by atoms with Gasteiger partial charge in [-0.3, -0.25) is 0 Å². The first kappa shape index (κ1) is 35.6. The molecule has 0 spiro atoms. The Labute approximate surface area is 370 Å². The second-order valence-corrected chi connectivity index (χ2v) is 16.5. The average molecular weight is 832 g/mol. The Bertz CT molecular complexity index is 4140. The molecule has 14 rings (SSSR count). The Morgan fingerprint density at radius 2 is 0.954 bits per heavy atom. The fourth-order valence-corrected chi connectivity index (χ4v) is 9.98. The summed E-state index contributed by atoms with van der Waals surface area (Å²) in [7, 11) is 0. The highest BCUT2D eigenvalue weighted by Crippen LogP contribution is 2.42. The number of furan rings is 2. The lowest BCUT2D eigenvalue weighted by Crippen LogP contribution is -2.02. The van der Waals surface area contributed by atoms with Crippen LogP contribution in [0.3, 0.4) is 0 Å². The van der Waals surface area contributed by atoms with Crippen LogP contribution in [0.25, 0.3) is 138 Å². The van der Waals surface area contributed by atoms with Gasteiger partial charge in [-0.15, -0.1) is 0 Å². The van der Waals surface area contributed by atoms with Crippen molar-refractivity contribution in [1.82, 2.24) is 24.5 Å². The van der Waals surface area contributed by atoms with Crippen LogP contribution in [-0.4, -0.2) is 24.5 Å². The molecule has 0 atom stereocenters. The summed E-state index contributed by atoms with van der Waals surface area (Å²) in [6.45, 7) is 0. The number of hydrogen-bond donors (Lipinski definition) is 0. The highest BCUT2D eigenvalue weighted by Gasteiger charge is 2.23. The topological polar surface area (TPSA) is 82.8 Å². The maximum absolute atomic E-state index is 6.36. The number of hydrogen-bond acceptors (Lipinski definition) is 6.